The van der Waals surface area contributed by atoms with E-state index in [0.717, 1.165) is 0 Å². The van der Waals surface area contributed by atoms with E-state index in [-0.39, 0.29) is 23.7 Å². The zero-order valence-corrected chi connectivity index (χ0v) is 14.4. The Hall–Kier alpha value is -3.81. The molecule has 1 amide bonds. The van der Waals surface area contributed by atoms with Crippen LogP contribution in [0.2, 0.25) is 0 Å². The average Bonchev–Trinajstić information content (AvgIpc) is 3.19. The number of carbonyl (C=O) groups is 1. The molecule has 0 bridgehead atoms. The van der Waals surface area contributed by atoms with E-state index in [2.05, 4.69) is 20.4 Å². The largest absolute Gasteiger partial charge is 0.443 e. The van der Waals surface area contributed by atoms with E-state index in [1.54, 1.807) is 42.6 Å². The summed E-state index contributed by atoms with van der Waals surface area (Å²) in [4.78, 5) is 33.5. The van der Waals surface area contributed by atoms with E-state index in [1.807, 2.05) is 6.07 Å². The lowest BCUT2D eigenvalue weighted by molar-refractivity contribution is 0.0957. The minimum atomic E-state index is -0.366. The van der Waals surface area contributed by atoms with Crippen LogP contribution in [0.25, 0.3) is 22.4 Å². The zero-order valence-electron chi connectivity index (χ0n) is 14.4. The van der Waals surface area contributed by atoms with E-state index < -0.39 is 0 Å². The van der Waals surface area contributed by atoms with Gasteiger partial charge in [0.25, 0.3) is 11.5 Å². The fourth-order valence-corrected chi connectivity index (χ4v) is 2.77. The molecular weight excluding hydrogens is 346 g/mol. The smallest absolute Gasteiger partial charge is 0.275 e. The van der Waals surface area contributed by atoms with Crippen LogP contribution in [0.1, 0.15) is 16.2 Å². The first kappa shape index (κ1) is 16.6. The highest BCUT2D eigenvalue weighted by atomic mass is 16.3. The van der Waals surface area contributed by atoms with Crippen molar-refractivity contribution < 1.29 is 9.21 Å². The van der Waals surface area contributed by atoms with Crippen molar-refractivity contribution in [2.24, 2.45) is 0 Å². The summed E-state index contributed by atoms with van der Waals surface area (Å²) < 4.78 is 6.67. The minimum absolute atomic E-state index is 0.0734. The first-order valence-electron chi connectivity index (χ1n) is 8.25. The maximum atomic E-state index is 12.8. The Morgan fingerprint density at radius 2 is 1.93 bits per heavy atom. The summed E-state index contributed by atoms with van der Waals surface area (Å²) in [6.45, 7) is 0.0734. The number of carbonyl (C=O) groups excluding carboxylic acids is 1. The van der Waals surface area contributed by atoms with Crippen molar-refractivity contribution in [1.82, 2.24) is 25.1 Å². The van der Waals surface area contributed by atoms with Gasteiger partial charge in [-0.15, -0.1) is 0 Å². The summed E-state index contributed by atoms with van der Waals surface area (Å²) >= 11 is 0. The van der Waals surface area contributed by atoms with Gasteiger partial charge in [0.05, 0.1) is 11.9 Å². The highest BCUT2D eigenvalue weighted by molar-refractivity contribution is 6.04. The highest BCUT2D eigenvalue weighted by Crippen LogP contribution is 2.17. The van der Waals surface area contributed by atoms with Crippen LogP contribution in [0.15, 0.2) is 64.1 Å². The second kappa shape index (κ2) is 6.83. The number of hydrogen-bond acceptors (Lipinski definition) is 6. The molecular formula is C19H15N5O3. The number of oxazole rings is 1. The van der Waals surface area contributed by atoms with Crippen LogP contribution in [0.4, 0.5) is 0 Å². The summed E-state index contributed by atoms with van der Waals surface area (Å²) in [5.74, 6) is -0.0137. The third-order valence-electron chi connectivity index (χ3n) is 4.06. The first-order valence-corrected chi connectivity index (χ1v) is 8.25. The Bertz CT molecular complexity index is 1180. The average molecular weight is 361 g/mol. The molecule has 27 heavy (non-hydrogen) atoms. The summed E-state index contributed by atoms with van der Waals surface area (Å²) in [6, 6.07) is 12.3. The molecule has 134 valence electrons. The van der Waals surface area contributed by atoms with Crippen molar-refractivity contribution in [2.45, 2.75) is 6.54 Å². The molecule has 1 N–H and O–H groups in total. The van der Waals surface area contributed by atoms with Crippen molar-refractivity contribution in [3.8, 4) is 11.6 Å². The summed E-state index contributed by atoms with van der Waals surface area (Å²) in [7, 11) is 1.52. The molecule has 0 aliphatic carbocycles. The second-order valence-electron chi connectivity index (χ2n) is 5.80. The van der Waals surface area contributed by atoms with Gasteiger partial charge in [-0.05, 0) is 18.2 Å². The zero-order chi connectivity index (χ0) is 18.8. The number of fused-ring (bicyclic) bond motifs is 1. The number of aromatic nitrogens is 4. The Morgan fingerprint density at radius 1 is 1.15 bits per heavy atom. The molecule has 0 spiro atoms. The molecule has 3 aromatic heterocycles. The topological polar surface area (TPSA) is 103 Å². The van der Waals surface area contributed by atoms with Crippen LogP contribution in [-0.4, -0.2) is 32.7 Å². The Balaban J connectivity index is 1.76. The summed E-state index contributed by atoms with van der Waals surface area (Å²) in [6.07, 6.45) is 3.09. The van der Waals surface area contributed by atoms with Crippen molar-refractivity contribution in [3.63, 3.8) is 0 Å². The maximum Gasteiger partial charge on any atom is 0.275 e. The van der Waals surface area contributed by atoms with Gasteiger partial charge in [-0.25, -0.2) is 9.67 Å². The van der Waals surface area contributed by atoms with Crippen LogP contribution in [0.5, 0.6) is 0 Å². The normalized spacial score (nSPS) is 10.9. The quantitative estimate of drug-likeness (QED) is 0.595. The van der Waals surface area contributed by atoms with Gasteiger partial charge in [0, 0.05) is 18.6 Å². The Morgan fingerprint density at radius 3 is 2.67 bits per heavy atom. The third kappa shape index (κ3) is 3.08. The molecule has 0 unspecified atom stereocenters. The van der Waals surface area contributed by atoms with E-state index in [1.165, 1.54) is 18.0 Å². The van der Waals surface area contributed by atoms with Crippen LogP contribution >= 0.6 is 0 Å². The lowest BCUT2D eigenvalue weighted by Gasteiger charge is -2.09. The molecule has 0 atom stereocenters. The van der Waals surface area contributed by atoms with Crippen molar-refractivity contribution in [3.05, 3.63) is 76.7 Å². The van der Waals surface area contributed by atoms with Gasteiger partial charge < -0.3 is 9.73 Å². The van der Waals surface area contributed by atoms with Crippen LogP contribution in [-0.2, 0) is 6.54 Å². The van der Waals surface area contributed by atoms with Crippen molar-refractivity contribution in [2.75, 3.05) is 7.05 Å². The Kier molecular flexibility index (Phi) is 4.21. The lowest BCUT2D eigenvalue weighted by Crippen LogP contribution is -2.29. The number of benzene rings is 1. The minimum Gasteiger partial charge on any atom is -0.443 e. The molecule has 1 aromatic carbocycles. The molecule has 0 aliphatic heterocycles. The third-order valence-corrected chi connectivity index (χ3v) is 4.06. The first-order chi connectivity index (χ1) is 13.2. The SMILES string of the molecule is CNC(=O)c1nn(Cc2coc(-c3ccccn3)n2)c(=O)c2ccccc12. The van der Waals surface area contributed by atoms with Gasteiger partial charge >= 0.3 is 0 Å². The molecule has 3 heterocycles. The number of pyridine rings is 1. The molecule has 0 saturated heterocycles. The number of nitrogens with one attached hydrogen (secondary N) is 1. The van der Waals surface area contributed by atoms with Crippen molar-refractivity contribution in [1.29, 1.82) is 0 Å². The van der Waals surface area contributed by atoms with Gasteiger partial charge in [-0.2, -0.15) is 5.10 Å². The number of rotatable bonds is 4. The predicted octanol–water partition coefficient (Wildman–Crippen LogP) is 1.85. The molecule has 8 nitrogen and oxygen atoms in total. The number of amides is 1. The van der Waals surface area contributed by atoms with Gasteiger partial charge in [-0.1, -0.05) is 24.3 Å². The lowest BCUT2D eigenvalue weighted by atomic mass is 10.1. The van der Waals surface area contributed by atoms with Crippen LogP contribution < -0.4 is 10.9 Å². The molecule has 4 aromatic rings. The van der Waals surface area contributed by atoms with E-state index >= 15 is 0 Å². The highest BCUT2D eigenvalue weighted by Gasteiger charge is 2.17. The van der Waals surface area contributed by atoms with Crippen LogP contribution in [0.3, 0.4) is 0 Å². The van der Waals surface area contributed by atoms with E-state index in [9.17, 15) is 9.59 Å². The van der Waals surface area contributed by atoms with Crippen molar-refractivity contribution >= 4 is 16.7 Å². The fraction of sp³-hybridized carbons (Fsp3) is 0.105. The van der Waals surface area contributed by atoms with Gasteiger partial charge in [0.2, 0.25) is 5.89 Å². The molecule has 8 heteroatoms. The number of nitrogens with zero attached hydrogens (tertiary/aromatic N) is 4. The molecule has 0 saturated carbocycles. The molecule has 0 radical (unpaired) electrons. The monoisotopic (exact) mass is 361 g/mol. The standard InChI is InChI=1S/C19H15N5O3/c1-20-17(25)16-13-6-2-3-7-14(13)19(26)24(23-16)10-12-11-27-18(22-12)15-8-4-5-9-21-15/h2-9,11H,10H2,1H3,(H,20,25). The van der Waals surface area contributed by atoms with E-state index in [0.29, 0.717) is 28.1 Å². The molecule has 0 aliphatic rings. The predicted molar refractivity (Wildman–Crippen MR) is 98.2 cm³/mol. The van der Waals surface area contributed by atoms with Crippen LogP contribution in [0, 0.1) is 0 Å². The molecule has 0 fully saturated rings. The van der Waals surface area contributed by atoms with E-state index in [4.69, 9.17) is 4.42 Å². The second-order valence-corrected chi connectivity index (χ2v) is 5.80. The molecule has 4 rings (SSSR count). The van der Waals surface area contributed by atoms with Gasteiger partial charge in [0.15, 0.2) is 5.69 Å². The number of hydrogen-bond donors (Lipinski definition) is 1. The summed E-state index contributed by atoms with van der Waals surface area (Å²) in [5, 5.41) is 7.72. The Labute approximate surface area is 153 Å². The fourth-order valence-electron chi connectivity index (χ4n) is 2.77. The van der Waals surface area contributed by atoms with Gasteiger partial charge in [-0.3, -0.25) is 14.6 Å². The van der Waals surface area contributed by atoms with Gasteiger partial charge in [0.1, 0.15) is 17.7 Å². The summed E-state index contributed by atoms with van der Waals surface area (Å²) in [5.41, 5.74) is 0.971. The maximum absolute atomic E-state index is 12.8.